The molecule has 0 fully saturated rings. The second-order valence-electron chi connectivity index (χ2n) is 3.23. The molecule has 0 bridgehead atoms. The summed E-state index contributed by atoms with van der Waals surface area (Å²) in [6.07, 6.45) is 1.24. The maximum atomic E-state index is 11.3. The Morgan fingerprint density at radius 1 is 1.33 bits per heavy atom. The number of hydrogen-bond donors (Lipinski definition) is 1. The summed E-state index contributed by atoms with van der Waals surface area (Å²) in [5.74, 6) is 0.430. The molecule has 2 heteroatoms. The third kappa shape index (κ3) is 0.916. The van der Waals surface area contributed by atoms with E-state index in [0.717, 1.165) is 11.1 Å². The molecule has 0 aromatic heterocycles. The highest BCUT2D eigenvalue weighted by molar-refractivity contribution is 6.01. The number of hydrogen-bond acceptors (Lipinski definition) is 2. The zero-order chi connectivity index (χ0) is 8.72. The summed E-state index contributed by atoms with van der Waals surface area (Å²) in [6.45, 7) is 1.88. The van der Waals surface area contributed by atoms with Crippen molar-refractivity contribution in [3.8, 4) is 5.75 Å². The second kappa shape index (κ2) is 2.34. The first-order chi connectivity index (χ1) is 5.68. The summed E-state index contributed by atoms with van der Waals surface area (Å²) in [6, 6.07) is 3.56. The number of rotatable bonds is 0. The zero-order valence-corrected chi connectivity index (χ0v) is 6.92. The first kappa shape index (κ1) is 7.35. The van der Waals surface area contributed by atoms with Crippen molar-refractivity contribution in [1.82, 2.24) is 0 Å². The van der Waals surface area contributed by atoms with Crippen LogP contribution in [0.5, 0.6) is 5.75 Å². The van der Waals surface area contributed by atoms with Gasteiger partial charge in [-0.25, -0.2) is 0 Å². The van der Waals surface area contributed by atoms with E-state index in [2.05, 4.69) is 0 Å². The van der Waals surface area contributed by atoms with Crippen LogP contribution in [0.3, 0.4) is 0 Å². The number of aromatic hydroxyl groups is 1. The number of carbonyl (C=O) groups is 1. The van der Waals surface area contributed by atoms with Gasteiger partial charge in [0, 0.05) is 17.5 Å². The van der Waals surface area contributed by atoms with Crippen LogP contribution in [0.4, 0.5) is 0 Å². The molecule has 0 saturated carbocycles. The maximum Gasteiger partial charge on any atom is 0.163 e. The van der Waals surface area contributed by atoms with Gasteiger partial charge in [-0.1, -0.05) is 0 Å². The Kier molecular flexibility index (Phi) is 1.43. The molecule has 0 aliphatic heterocycles. The molecule has 1 aromatic carbocycles. The van der Waals surface area contributed by atoms with Gasteiger partial charge >= 0.3 is 0 Å². The molecule has 1 aromatic rings. The molecular formula is C10H10O2. The van der Waals surface area contributed by atoms with Gasteiger partial charge in [0.2, 0.25) is 0 Å². The van der Waals surface area contributed by atoms with Gasteiger partial charge in [-0.15, -0.1) is 0 Å². The predicted molar refractivity (Wildman–Crippen MR) is 45.5 cm³/mol. The fourth-order valence-corrected chi connectivity index (χ4v) is 1.68. The lowest BCUT2D eigenvalue weighted by molar-refractivity contribution is 0.0994. The first-order valence-electron chi connectivity index (χ1n) is 4.04. The lowest BCUT2D eigenvalue weighted by atomic mass is 10.1. The zero-order valence-electron chi connectivity index (χ0n) is 6.92. The number of ketones is 1. The molecule has 0 unspecified atom stereocenters. The van der Waals surface area contributed by atoms with Crippen molar-refractivity contribution in [2.75, 3.05) is 0 Å². The molecule has 0 radical (unpaired) electrons. The van der Waals surface area contributed by atoms with Crippen molar-refractivity contribution in [3.05, 3.63) is 28.8 Å². The largest absolute Gasteiger partial charge is 0.508 e. The molecular weight excluding hydrogens is 152 g/mol. The van der Waals surface area contributed by atoms with Crippen molar-refractivity contribution in [2.45, 2.75) is 19.8 Å². The Morgan fingerprint density at radius 2 is 2.08 bits per heavy atom. The average molecular weight is 162 g/mol. The van der Waals surface area contributed by atoms with Crippen molar-refractivity contribution >= 4 is 5.78 Å². The summed E-state index contributed by atoms with van der Waals surface area (Å²) < 4.78 is 0. The SMILES string of the molecule is Cc1cc(O)c2c(c1)C(=O)CC2. The standard InChI is InChI=1S/C10H10O2/c1-6-4-8-7(10(12)5-6)2-3-9(8)11/h4-5,12H,2-3H2,1H3. The molecule has 0 atom stereocenters. The quantitative estimate of drug-likeness (QED) is 0.631. The van der Waals surface area contributed by atoms with Gasteiger partial charge in [0.15, 0.2) is 5.78 Å². The molecule has 0 amide bonds. The number of carbonyl (C=O) groups excluding carboxylic acids is 1. The normalized spacial score (nSPS) is 14.9. The maximum absolute atomic E-state index is 11.3. The van der Waals surface area contributed by atoms with Crippen molar-refractivity contribution in [1.29, 1.82) is 0 Å². The molecule has 1 aliphatic carbocycles. The van der Waals surface area contributed by atoms with Gasteiger partial charge in [-0.05, 0) is 31.0 Å². The minimum Gasteiger partial charge on any atom is -0.508 e. The van der Waals surface area contributed by atoms with E-state index >= 15 is 0 Å². The summed E-state index contributed by atoms with van der Waals surface area (Å²) in [7, 11) is 0. The van der Waals surface area contributed by atoms with Gasteiger partial charge in [0.05, 0.1) is 0 Å². The molecule has 12 heavy (non-hydrogen) atoms. The lowest BCUT2D eigenvalue weighted by Crippen LogP contribution is -1.91. The Balaban J connectivity index is 2.68. The minimum absolute atomic E-state index is 0.156. The highest BCUT2D eigenvalue weighted by atomic mass is 16.3. The third-order valence-corrected chi connectivity index (χ3v) is 2.27. The Bertz CT molecular complexity index is 353. The monoisotopic (exact) mass is 162 g/mol. The number of fused-ring (bicyclic) bond motifs is 1. The molecule has 2 rings (SSSR count). The van der Waals surface area contributed by atoms with E-state index in [-0.39, 0.29) is 11.5 Å². The minimum atomic E-state index is 0.156. The molecule has 1 aliphatic rings. The topological polar surface area (TPSA) is 37.3 Å². The van der Waals surface area contributed by atoms with Gasteiger partial charge in [0.25, 0.3) is 0 Å². The molecule has 62 valence electrons. The summed E-state index contributed by atoms with van der Waals surface area (Å²) in [5.41, 5.74) is 2.49. The van der Waals surface area contributed by atoms with Crippen LogP contribution in [0.25, 0.3) is 0 Å². The lowest BCUT2D eigenvalue weighted by Gasteiger charge is -2.02. The van der Waals surface area contributed by atoms with E-state index < -0.39 is 0 Å². The Labute approximate surface area is 70.8 Å². The van der Waals surface area contributed by atoms with E-state index in [1.54, 1.807) is 6.07 Å². The van der Waals surface area contributed by atoms with Crippen LogP contribution in [-0.2, 0) is 6.42 Å². The van der Waals surface area contributed by atoms with Crippen LogP contribution < -0.4 is 0 Å². The van der Waals surface area contributed by atoms with E-state index in [9.17, 15) is 9.90 Å². The van der Waals surface area contributed by atoms with E-state index in [1.165, 1.54) is 0 Å². The summed E-state index contributed by atoms with van der Waals surface area (Å²) in [5, 5.41) is 9.48. The number of phenols is 1. The predicted octanol–water partition coefficient (Wildman–Crippen LogP) is 1.83. The van der Waals surface area contributed by atoms with Crippen LogP contribution in [-0.4, -0.2) is 10.9 Å². The first-order valence-corrected chi connectivity index (χ1v) is 4.04. The van der Waals surface area contributed by atoms with Gasteiger partial charge in [-0.2, -0.15) is 0 Å². The fourth-order valence-electron chi connectivity index (χ4n) is 1.68. The van der Waals surface area contributed by atoms with Crippen LogP contribution in [0, 0.1) is 6.92 Å². The second-order valence-corrected chi connectivity index (χ2v) is 3.23. The van der Waals surface area contributed by atoms with Crippen LogP contribution >= 0.6 is 0 Å². The van der Waals surface area contributed by atoms with Crippen LogP contribution in [0.15, 0.2) is 12.1 Å². The average Bonchev–Trinajstić information content (AvgIpc) is 2.33. The number of benzene rings is 1. The number of Topliss-reactive ketones (excluding diaryl/α,β-unsaturated/α-hetero) is 1. The van der Waals surface area contributed by atoms with Gasteiger partial charge in [-0.3, -0.25) is 4.79 Å². The molecule has 0 saturated heterocycles. The number of phenolic OH excluding ortho intramolecular Hbond substituents is 1. The fraction of sp³-hybridized carbons (Fsp3) is 0.300. The Hall–Kier alpha value is -1.31. The van der Waals surface area contributed by atoms with E-state index in [1.807, 2.05) is 13.0 Å². The van der Waals surface area contributed by atoms with Crippen molar-refractivity contribution in [3.63, 3.8) is 0 Å². The van der Waals surface area contributed by atoms with Gasteiger partial charge in [0.1, 0.15) is 5.75 Å². The molecule has 0 spiro atoms. The smallest absolute Gasteiger partial charge is 0.163 e. The third-order valence-electron chi connectivity index (χ3n) is 2.27. The van der Waals surface area contributed by atoms with Crippen LogP contribution in [0.2, 0.25) is 0 Å². The van der Waals surface area contributed by atoms with Crippen molar-refractivity contribution in [2.24, 2.45) is 0 Å². The van der Waals surface area contributed by atoms with Gasteiger partial charge < -0.3 is 5.11 Å². The van der Waals surface area contributed by atoms with E-state index in [0.29, 0.717) is 18.4 Å². The Morgan fingerprint density at radius 3 is 2.83 bits per heavy atom. The highest BCUT2D eigenvalue weighted by Gasteiger charge is 2.22. The summed E-state index contributed by atoms with van der Waals surface area (Å²) >= 11 is 0. The molecule has 2 nitrogen and oxygen atoms in total. The number of aryl methyl sites for hydroxylation is 1. The highest BCUT2D eigenvalue weighted by Crippen LogP contribution is 2.30. The molecule has 1 N–H and O–H groups in total. The van der Waals surface area contributed by atoms with Crippen molar-refractivity contribution < 1.29 is 9.90 Å². The summed E-state index contributed by atoms with van der Waals surface area (Å²) in [4.78, 5) is 11.3. The van der Waals surface area contributed by atoms with E-state index in [4.69, 9.17) is 0 Å². The molecule has 0 heterocycles. The van der Waals surface area contributed by atoms with Crippen LogP contribution in [0.1, 0.15) is 27.9 Å².